The third kappa shape index (κ3) is 4.10. The van der Waals surface area contributed by atoms with E-state index >= 15 is 0 Å². The van der Waals surface area contributed by atoms with Crippen LogP contribution in [-0.4, -0.2) is 48.1 Å². The van der Waals surface area contributed by atoms with Crippen LogP contribution >= 0.6 is 0 Å². The predicted octanol–water partition coefficient (Wildman–Crippen LogP) is -2.01. The van der Waals surface area contributed by atoms with Crippen molar-refractivity contribution in [1.29, 1.82) is 0 Å². The molecule has 2 aliphatic heterocycles. The van der Waals surface area contributed by atoms with Crippen LogP contribution < -0.4 is 10.2 Å². The van der Waals surface area contributed by atoms with Crippen LogP contribution in [0.25, 0.3) is 0 Å². The minimum atomic E-state index is -1.32. The molecule has 0 aromatic heterocycles. The molecule has 2 rings (SSSR count). The van der Waals surface area contributed by atoms with Crippen LogP contribution in [0.1, 0.15) is 26.7 Å². The number of carbonyl (C=O) groups is 2. The van der Waals surface area contributed by atoms with Crippen LogP contribution in [0.3, 0.4) is 0 Å². The first-order valence-electron chi connectivity index (χ1n) is 6.03. The van der Waals surface area contributed by atoms with Crippen LogP contribution in [0.4, 0.5) is 0 Å². The second kappa shape index (κ2) is 7.88. The van der Waals surface area contributed by atoms with Gasteiger partial charge >= 0.3 is 19.5 Å². The summed E-state index contributed by atoms with van der Waals surface area (Å²) >= 11 is 0. The molecule has 0 unspecified atom stereocenters. The topological polar surface area (TPSA) is 130 Å². The summed E-state index contributed by atoms with van der Waals surface area (Å²) in [5.74, 6) is -2.47. The number of rotatable bonds is 4. The van der Waals surface area contributed by atoms with Crippen molar-refractivity contribution in [2.45, 2.75) is 38.0 Å². The van der Waals surface area contributed by atoms with E-state index in [2.05, 4.69) is 20.0 Å². The summed E-state index contributed by atoms with van der Waals surface area (Å²) in [6.45, 7) is 3.41. The molecule has 0 saturated heterocycles. The van der Waals surface area contributed by atoms with Gasteiger partial charge in [-0.25, -0.2) is 0 Å². The van der Waals surface area contributed by atoms with Crippen molar-refractivity contribution in [2.24, 2.45) is 20.0 Å². The van der Waals surface area contributed by atoms with Crippen molar-refractivity contribution >= 4 is 36.8 Å². The molecule has 0 aromatic carbocycles. The zero-order chi connectivity index (χ0) is 15.2. The average Bonchev–Trinajstić information content (AvgIpc) is 3.10. The summed E-state index contributed by atoms with van der Waals surface area (Å²) in [7, 11) is 0. The zero-order valence-corrected chi connectivity index (χ0v) is 14.8. The van der Waals surface area contributed by atoms with E-state index in [1.807, 2.05) is 0 Å². The van der Waals surface area contributed by atoms with E-state index in [4.69, 9.17) is 0 Å². The smallest absolute Gasteiger partial charge is 0.545 e. The first-order chi connectivity index (χ1) is 9.42. The second-order valence-electron chi connectivity index (χ2n) is 4.03. The summed E-state index contributed by atoms with van der Waals surface area (Å²) in [6.07, 6.45) is 6.17. The Hall–Kier alpha value is -1.76. The minimum Gasteiger partial charge on any atom is -0.545 e. The van der Waals surface area contributed by atoms with Gasteiger partial charge in [0.1, 0.15) is 0 Å². The van der Waals surface area contributed by atoms with E-state index in [-0.39, 0.29) is 19.5 Å². The molecule has 0 amide bonds. The van der Waals surface area contributed by atoms with Crippen molar-refractivity contribution in [2.75, 3.05) is 0 Å². The van der Waals surface area contributed by atoms with Gasteiger partial charge in [-0.1, -0.05) is 13.8 Å². The van der Waals surface area contributed by atoms with Crippen molar-refractivity contribution < 1.29 is 39.3 Å². The normalized spacial score (nSPS) is 18.8. The van der Waals surface area contributed by atoms with Crippen LogP contribution in [0.5, 0.6) is 0 Å². The van der Waals surface area contributed by atoms with Crippen LogP contribution in [0.2, 0.25) is 0 Å². The summed E-state index contributed by atoms with van der Waals surface area (Å²) in [6, 6.07) is 0. The van der Waals surface area contributed by atoms with E-state index in [1.54, 1.807) is 13.8 Å². The summed E-state index contributed by atoms with van der Waals surface area (Å²) in [4.78, 5) is 35.5. The van der Waals surface area contributed by atoms with Gasteiger partial charge in [0.2, 0.25) is 0 Å². The Morgan fingerprint density at radius 2 is 1.05 bits per heavy atom. The molecule has 2 heterocycles. The molecular formula is C12H14N4O4Zn. The molecule has 0 N–H and O–H groups in total. The SMILES string of the molecule is CCC1(C(=O)[O-])N=CC=N1.CCC1(C(=O)[O-])N=CC=N1.[Zn+2]. The van der Waals surface area contributed by atoms with E-state index in [9.17, 15) is 19.8 Å². The molecule has 0 atom stereocenters. The van der Waals surface area contributed by atoms with Gasteiger partial charge < -0.3 is 19.8 Å². The average molecular weight is 344 g/mol. The van der Waals surface area contributed by atoms with Crippen molar-refractivity contribution in [3.63, 3.8) is 0 Å². The monoisotopic (exact) mass is 342 g/mol. The van der Waals surface area contributed by atoms with Crippen LogP contribution in [-0.2, 0) is 29.1 Å². The third-order valence-electron chi connectivity index (χ3n) is 2.93. The summed E-state index contributed by atoms with van der Waals surface area (Å²) < 4.78 is 0. The molecule has 2 aliphatic rings. The van der Waals surface area contributed by atoms with Gasteiger partial charge in [-0.3, -0.25) is 20.0 Å². The molecular weight excluding hydrogens is 330 g/mol. The fourth-order valence-corrected chi connectivity index (χ4v) is 1.56. The second-order valence-corrected chi connectivity index (χ2v) is 4.03. The summed E-state index contributed by atoms with van der Waals surface area (Å²) in [5, 5.41) is 20.8. The Morgan fingerprint density at radius 1 is 0.810 bits per heavy atom. The van der Waals surface area contributed by atoms with E-state index in [0.29, 0.717) is 12.8 Å². The van der Waals surface area contributed by atoms with Gasteiger partial charge in [0, 0.05) is 24.9 Å². The molecule has 0 bridgehead atoms. The van der Waals surface area contributed by atoms with Crippen molar-refractivity contribution in [1.82, 2.24) is 0 Å². The maximum Gasteiger partial charge on any atom is 2.00 e. The first-order valence-corrected chi connectivity index (χ1v) is 6.03. The van der Waals surface area contributed by atoms with Crippen LogP contribution in [0.15, 0.2) is 20.0 Å². The Labute approximate surface area is 134 Å². The summed E-state index contributed by atoms with van der Waals surface area (Å²) in [5.41, 5.74) is -2.64. The number of aliphatic imine (C=N–C) groups is 4. The number of nitrogens with zero attached hydrogens (tertiary/aromatic N) is 4. The number of carboxylic acid groups (broad SMARTS) is 2. The zero-order valence-electron chi connectivity index (χ0n) is 11.9. The van der Waals surface area contributed by atoms with Gasteiger partial charge in [0.05, 0.1) is 11.9 Å². The number of carboxylic acids is 2. The third-order valence-corrected chi connectivity index (χ3v) is 2.93. The quantitative estimate of drug-likeness (QED) is 0.546. The van der Waals surface area contributed by atoms with Crippen LogP contribution in [0, 0.1) is 0 Å². The molecule has 0 radical (unpaired) electrons. The van der Waals surface area contributed by atoms with Gasteiger partial charge in [-0.15, -0.1) is 0 Å². The number of hydrogen-bond donors (Lipinski definition) is 0. The van der Waals surface area contributed by atoms with Gasteiger partial charge in [-0.2, -0.15) is 0 Å². The maximum atomic E-state index is 10.4. The van der Waals surface area contributed by atoms with Crippen molar-refractivity contribution in [3.8, 4) is 0 Å². The number of carbonyl (C=O) groups excluding carboxylic acids is 2. The Kier molecular flexibility index (Phi) is 7.22. The Bertz CT molecular complexity index is 443. The minimum absolute atomic E-state index is 0. The Morgan fingerprint density at radius 3 is 1.14 bits per heavy atom. The fraction of sp³-hybridized carbons (Fsp3) is 0.500. The van der Waals surface area contributed by atoms with Crippen molar-refractivity contribution in [3.05, 3.63) is 0 Å². The fourth-order valence-electron chi connectivity index (χ4n) is 1.56. The largest absolute Gasteiger partial charge is 2.00 e. The molecule has 0 aliphatic carbocycles. The van der Waals surface area contributed by atoms with E-state index < -0.39 is 23.3 Å². The number of aliphatic carboxylic acids is 2. The van der Waals surface area contributed by atoms with Gasteiger partial charge in [0.25, 0.3) is 0 Å². The molecule has 9 heteroatoms. The molecule has 21 heavy (non-hydrogen) atoms. The van der Waals surface area contributed by atoms with Gasteiger partial charge in [0.15, 0.2) is 11.3 Å². The molecule has 8 nitrogen and oxygen atoms in total. The standard InChI is InChI=1S/2C6H8N2O2.Zn/c2*1-2-6(5(9)10)7-3-4-8-6;/h2*3-4H,2H2,1H3,(H,9,10);/q;;+2/p-2. The van der Waals surface area contributed by atoms with E-state index in [0.717, 1.165) is 0 Å². The predicted molar refractivity (Wildman–Crippen MR) is 70.0 cm³/mol. The van der Waals surface area contributed by atoms with E-state index in [1.165, 1.54) is 24.9 Å². The maximum absolute atomic E-state index is 10.4. The van der Waals surface area contributed by atoms with Gasteiger partial charge in [-0.05, 0) is 12.8 Å². The molecule has 108 valence electrons. The first kappa shape index (κ1) is 19.2. The molecule has 0 saturated carbocycles. The molecule has 0 aromatic rings. The number of hydrogen-bond acceptors (Lipinski definition) is 8. The molecule has 0 fully saturated rings. The Balaban J connectivity index is 0.000000364. The molecule has 0 spiro atoms.